The summed E-state index contributed by atoms with van der Waals surface area (Å²) in [5.41, 5.74) is 16.9. The van der Waals surface area contributed by atoms with E-state index in [4.69, 9.17) is 0 Å². The van der Waals surface area contributed by atoms with Crippen LogP contribution in [0.25, 0.3) is 143 Å². The lowest BCUT2D eigenvalue weighted by molar-refractivity contribution is 0.628. The number of aromatic nitrogens is 2. The number of hydrogen-bond acceptors (Lipinski definition) is 0. The predicted octanol–water partition coefficient (Wildman–Crippen LogP) is 20.7. The third-order valence-electron chi connectivity index (χ3n) is 15.9. The van der Waals surface area contributed by atoms with Gasteiger partial charge in [-0.2, -0.15) is 0 Å². The highest BCUT2D eigenvalue weighted by molar-refractivity contribution is 6.23. The minimum absolute atomic E-state index is 0.405. The molecule has 0 atom stereocenters. The summed E-state index contributed by atoms with van der Waals surface area (Å²) in [6.45, 7) is 0. The van der Waals surface area contributed by atoms with Crippen LogP contribution in [0.4, 0.5) is 17.6 Å². The van der Waals surface area contributed by atoms with Crippen LogP contribution in [0.2, 0.25) is 0 Å². The van der Waals surface area contributed by atoms with E-state index in [1.54, 1.807) is 24.3 Å². The lowest BCUT2D eigenvalue weighted by Crippen LogP contribution is -1.99. The zero-order valence-corrected chi connectivity index (χ0v) is 42.8. The molecule has 15 rings (SSSR count). The molecule has 0 aliphatic rings. The average molecular weight is 1040 g/mol. The molecule has 0 fully saturated rings. The van der Waals surface area contributed by atoms with Crippen molar-refractivity contribution < 1.29 is 17.6 Å². The number of benzene rings is 13. The minimum Gasteiger partial charge on any atom is -0.309 e. The SMILES string of the molecule is Fc1ccc2c(c1)c1cc(F)ccc1n2-c1ccc2c(-c3cc(-c4ccccc4)cc(-c4ccccc4)c3)c3cc(-n4c5ccc(F)cc5c5cc(F)ccc54)ccc3c(-c3cc(-c4ccccc4)cc(-c4ccccc4)c3)c2c1. The zero-order chi connectivity index (χ0) is 53.6. The standard InChI is InChI=1S/C74H44F4N2/c75-55-21-29-69-63(39-55)64-40-56(76)22-30-70(64)79(69)59-26-28-62-67(43-59)73(53-35-49(45-13-5-1-6-14-45)33-50(36-53)46-15-7-2-8-16-46)61-27-25-60(80-71-31-23-57(77)41-65(71)66-42-58(78)24-32-72(66)80)44-68(61)74(62)54-37-51(47-17-9-3-10-18-47)34-52(38-54)48-19-11-4-12-20-48/h1-44H. The minimum atomic E-state index is -0.405. The van der Waals surface area contributed by atoms with Gasteiger partial charge in [0.15, 0.2) is 0 Å². The van der Waals surface area contributed by atoms with Crippen molar-refractivity contribution in [2.75, 3.05) is 0 Å². The normalized spacial score (nSPS) is 11.8. The Morgan fingerprint density at radius 1 is 0.188 bits per heavy atom. The van der Waals surface area contributed by atoms with Crippen molar-refractivity contribution in [3.63, 3.8) is 0 Å². The molecule has 0 radical (unpaired) electrons. The Labute approximate surface area is 457 Å². The Morgan fingerprint density at radius 3 is 0.725 bits per heavy atom. The third-order valence-corrected chi connectivity index (χ3v) is 15.9. The second-order valence-corrected chi connectivity index (χ2v) is 20.6. The van der Waals surface area contributed by atoms with E-state index in [9.17, 15) is 0 Å². The van der Waals surface area contributed by atoms with Crippen LogP contribution in [0, 0.1) is 23.3 Å². The quantitative estimate of drug-likeness (QED) is 0.106. The maximum absolute atomic E-state index is 15.2. The van der Waals surface area contributed by atoms with Gasteiger partial charge >= 0.3 is 0 Å². The lowest BCUT2D eigenvalue weighted by atomic mass is 9.83. The van der Waals surface area contributed by atoms with Gasteiger partial charge in [0.05, 0.1) is 22.1 Å². The Kier molecular flexibility index (Phi) is 11.0. The van der Waals surface area contributed by atoms with E-state index < -0.39 is 23.3 Å². The third kappa shape index (κ3) is 7.86. The molecule has 2 aromatic heterocycles. The van der Waals surface area contributed by atoms with Gasteiger partial charge in [0.1, 0.15) is 23.3 Å². The summed E-state index contributed by atoms with van der Waals surface area (Å²) in [4.78, 5) is 0. The van der Waals surface area contributed by atoms with Gasteiger partial charge in [-0.15, -0.1) is 0 Å². The molecular formula is C74H44F4N2. The van der Waals surface area contributed by atoms with Gasteiger partial charge in [-0.25, -0.2) is 17.6 Å². The van der Waals surface area contributed by atoms with Crippen LogP contribution in [0.1, 0.15) is 0 Å². The van der Waals surface area contributed by atoms with E-state index in [0.29, 0.717) is 21.5 Å². The van der Waals surface area contributed by atoms with Crippen molar-refractivity contribution in [1.82, 2.24) is 9.13 Å². The summed E-state index contributed by atoms with van der Waals surface area (Å²) < 4.78 is 65.1. The molecule has 378 valence electrons. The van der Waals surface area contributed by atoms with E-state index in [1.807, 2.05) is 24.3 Å². The first-order chi connectivity index (χ1) is 39.3. The first-order valence-electron chi connectivity index (χ1n) is 26.6. The van der Waals surface area contributed by atoms with Gasteiger partial charge in [-0.05, 0) is 222 Å². The smallest absolute Gasteiger partial charge is 0.123 e. The summed E-state index contributed by atoms with van der Waals surface area (Å²) in [6, 6.07) is 87.3. The molecule has 0 aliphatic heterocycles. The molecule has 0 aliphatic carbocycles. The summed E-state index contributed by atoms with van der Waals surface area (Å²) >= 11 is 0. The molecule has 0 amide bonds. The topological polar surface area (TPSA) is 9.86 Å². The molecule has 2 nitrogen and oxygen atoms in total. The van der Waals surface area contributed by atoms with E-state index in [1.165, 1.54) is 48.5 Å². The molecule has 0 unspecified atom stereocenters. The van der Waals surface area contributed by atoms with Crippen molar-refractivity contribution in [2.24, 2.45) is 0 Å². The van der Waals surface area contributed by atoms with E-state index in [0.717, 1.165) is 122 Å². The summed E-state index contributed by atoms with van der Waals surface area (Å²) in [5.74, 6) is -1.62. The highest BCUT2D eigenvalue weighted by Crippen LogP contribution is 2.49. The molecule has 2 heterocycles. The van der Waals surface area contributed by atoms with Gasteiger partial charge in [0.25, 0.3) is 0 Å². The first-order valence-corrected chi connectivity index (χ1v) is 26.6. The Morgan fingerprint density at radius 2 is 0.450 bits per heavy atom. The fourth-order valence-corrected chi connectivity index (χ4v) is 12.3. The fourth-order valence-electron chi connectivity index (χ4n) is 12.3. The van der Waals surface area contributed by atoms with Gasteiger partial charge < -0.3 is 9.13 Å². The van der Waals surface area contributed by atoms with Gasteiger partial charge in [0, 0.05) is 32.9 Å². The molecule has 15 aromatic rings. The van der Waals surface area contributed by atoms with Gasteiger partial charge in [0.2, 0.25) is 0 Å². The lowest BCUT2D eigenvalue weighted by Gasteiger charge is -2.22. The Balaban J connectivity index is 1.13. The van der Waals surface area contributed by atoms with E-state index in [2.05, 4.69) is 179 Å². The number of hydrogen-bond donors (Lipinski definition) is 0. The van der Waals surface area contributed by atoms with Crippen LogP contribution >= 0.6 is 0 Å². The van der Waals surface area contributed by atoms with E-state index in [-0.39, 0.29) is 0 Å². The molecule has 0 spiro atoms. The van der Waals surface area contributed by atoms with Crippen LogP contribution in [-0.4, -0.2) is 9.13 Å². The average Bonchev–Trinajstić information content (AvgIpc) is 4.14. The molecule has 0 bridgehead atoms. The van der Waals surface area contributed by atoms with Crippen LogP contribution in [0.15, 0.2) is 267 Å². The van der Waals surface area contributed by atoms with Gasteiger partial charge in [-0.1, -0.05) is 133 Å². The molecule has 0 saturated heterocycles. The fraction of sp³-hybridized carbons (Fsp3) is 0. The number of nitrogens with zero attached hydrogens (tertiary/aromatic N) is 2. The molecule has 6 heteroatoms. The number of rotatable bonds is 8. The maximum Gasteiger partial charge on any atom is 0.123 e. The molecule has 80 heavy (non-hydrogen) atoms. The summed E-state index contributed by atoms with van der Waals surface area (Å²) in [6.07, 6.45) is 0. The highest BCUT2D eigenvalue weighted by Gasteiger charge is 2.24. The second-order valence-electron chi connectivity index (χ2n) is 20.6. The van der Waals surface area contributed by atoms with Crippen molar-refractivity contribution in [3.8, 4) is 78.1 Å². The van der Waals surface area contributed by atoms with Crippen LogP contribution < -0.4 is 0 Å². The molecule has 0 N–H and O–H groups in total. The Hall–Kier alpha value is -10.3. The molecular weight excluding hydrogens is 993 g/mol. The highest BCUT2D eigenvalue weighted by atomic mass is 19.1. The molecule has 0 saturated carbocycles. The first kappa shape index (κ1) is 47.0. The zero-order valence-electron chi connectivity index (χ0n) is 42.8. The Bertz CT molecular complexity index is 4420. The predicted molar refractivity (Wildman–Crippen MR) is 323 cm³/mol. The number of halogens is 4. The molecule has 13 aromatic carbocycles. The monoisotopic (exact) mass is 1040 g/mol. The van der Waals surface area contributed by atoms with Gasteiger partial charge in [-0.3, -0.25) is 0 Å². The maximum atomic E-state index is 15.2. The van der Waals surface area contributed by atoms with E-state index >= 15 is 17.6 Å². The summed E-state index contributed by atoms with van der Waals surface area (Å²) in [5, 5.41) is 6.27. The number of fused-ring (bicyclic) bond motifs is 8. The van der Waals surface area contributed by atoms with Crippen LogP contribution in [0.5, 0.6) is 0 Å². The van der Waals surface area contributed by atoms with Crippen LogP contribution in [-0.2, 0) is 0 Å². The van der Waals surface area contributed by atoms with Crippen molar-refractivity contribution in [1.29, 1.82) is 0 Å². The summed E-state index contributed by atoms with van der Waals surface area (Å²) in [7, 11) is 0. The largest absolute Gasteiger partial charge is 0.309 e. The second kappa shape index (κ2) is 18.7. The van der Waals surface area contributed by atoms with Crippen molar-refractivity contribution in [3.05, 3.63) is 290 Å². The van der Waals surface area contributed by atoms with Crippen molar-refractivity contribution in [2.45, 2.75) is 0 Å². The van der Waals surface area contributed by atoms with Crippen LogP contribution in [0.3, 0.4) is 0 Å². The van der Waals surface area contributed by atoms with Crippen molar-refractivity contribution >= 4 is 65.2 Å².